The van der Waals surface area contributed by atoms with E-state index in [4.69, 9.17) is 0 Å². The van der Waals surface area contributed by atoms with Gasteiger partial charge >= 0.3 is 0 Å². The van der Waals surface area contributed by atoms with E-state index in [-0.39, 0.29) is 23.6 Å². The molecule has 2 fully saturated rings. The molecule has 154 valence electrons. The standard InChI is InChI=1S/C24H30N2O3/c1-6-7-12-25-22(28)18-17-11-9-15-13-14(2)8-10-16(15)26(17)20(19(18)23(25)29)21(27)24(3,4)5/h8-11,13,17-20H,6-7,12H2,1-5H3/t17-,18-,19+,20-/m0/s1. The fraction of sp³-hybridized carbons (Fsp3) is 0.542. The van der Waals surface area contributed by atoms with Crippen molar-refractivity contribution in [2.24, 2.45) is 17.3 Å². The van der Waals surface area contributed by atoms with Crippen molar-refractivity contribution in [2.75, 3.05) is 11.4 Å². The first-order chi connectivity index (χ1) is 13.7. The van der Waals surface area contributed by atoms with E-state index >= 15 is 0 Å². The molecule has 5 heteroatoms. The lowest BCUT2D eigenvalue weighted by Crippen LogP contribution is -2.51. The molecule has 3 aliphatic rings. The van der Waals surface area contributed by atoms with Crippen LogP contribution in [0.5, 0.6) is 0 Å². The molecule has 0 saturated carbocycles. The summed E-state index contributed by atoms with van der Waals surface area (Å²) < 4.78 is 0. The zero-order valence-electron chi connectivity index (χ0n) is 17.9. The average molecular weight is 395 g/mol. The van der Waals surface area contributed by atoms with Crippen LogP contribution >= 0.6 is 0 Å². The van der Waals surface area contributed by atoms with Crippen LogP contribution in [-0.2, 0) is 14.4 Å². The molecule has 0 bridgehead atoms. The highest BCUT2D eigenvalue weighted by Crippen LogP contribution is 2.49. The number of nitrogens with zero attached hydrogens (tertiary/aromatic N) is 2. The van der Waals surface area contributed by atoms with Crippen molar-refractivity contribution in [3.05, 3.63) is 35.4 Å². The van der Waals surface area contributed by atoms with Gasteiger partial charge in [-0.2, -0.15) is 0 Å². The first kappa shape index (κ1) is 19.9. The topological polar surface area (TPSA) is 57.7 Å². The lowest BCUT2D eigenvalue weighted by atomic mass is 9.79. The molecule has 0 spiro atoms. The summed E-state index contributed by atoms with van der Waals surface area (Å²) in [5, 5.41) is 0. The number of likely N-dealkylation sites (tertiary alicyclic amines) is 1. The smallest absolute Gasteiger partial charge is 0.235 e. The van der Waals surface area contributed by atoms with Gasteiger partial charge < -0.3 is 4.90 Å². The van der Waals surface area contributed by atoms with E-state index in [1.807, 2.05) is 58.9 Å². The molecular weight excluding hydrogens is 364 g/mol. The van der Waals surface area contributed by atoms with Gasteiger partial charge in [-0.05, 0) is 31.0 Å². The van der Waals surface area contributed by atoms with Crippen LogP contribution in [0, 0.1) is 24.2 Å². The van der Waals surface area contributed by atoms with Gasteiger partial charge in [0.25, 0.3) is 0 Å². The van der Waals surface area contributed by atoms with Gasteiger partial charge in [0.2, 0.25) is 11.8 Å². The maximum atomic E-state index is 13.6. The number of carbonyl (C=O) groups excluding carboxylic acids is 3. The third kappa shape index (κ3) is 2.93. The number of carbonyl (C=O) groups is 3. The Hall–Kier alpha value is -2.43. The van der Waals surface area contributed by atoms with Crippen LogP contribution in [0.2, 0.25) is 0 Å². The highest BCUT2D eigenvalue weighted by atomic mass is 16.2. The highest BCUT2D eigenvalue weighted by molar-refractivity contribution is 6.11. The van der Waals surface area contributed by atoms with Gasteiger partial charge in [0, 0.05) is 17.6 Å². The molecule has 0 unspecified atom stereocenters. The van der Waals surface area contributed by atoms with Crippen molar-refractivity contribution in [3.63, 3.8) is 0 Å². The Morgan fingerprint density at radius 3 is 2.45 bits per heavy atom. The van der Waals surface area contributed by atoms with E-state index in [0.717, 1.165) is 29.7 Å². The number of amides is 2. The van der Waals surface area contributed by atoms with E-state index in [1.54, 1.807) is 0 Å². The third-order valence-electron chi connectivity index (χ3n) is 6.50. The minimum absolute atomic E-state index is 0.0234. The quantitative estimate of drug-likeness (QED) is 0.732. The largest absolute Gasteiger partial charge is 0.353 e. The Labute approximate surface area is 172 Å². The number of imide groups is 1. The molecule has 3 heterocycles. The number of benzene rings is 1. The SMILES string of the molecule is CCCCN1C(=O)[C@@H]2[C@@H](C1=O)[C@@H]1C=Cc3cc(C)ccc3N1[C@@H]2C(=O)C(C)(C)C. The molecule has 29 heavy (non-hydrogen) atoms. The minimum Gasteiger partial charge on any atom is -0.353 e. The zero-order valence-corrected chi connectivity index (χ0v) is 17.9. The van der Waals surface area contributed by atoms with Crippen LogP contribution in [0.25, 0.3) is 6.08 Å². The van der Waals surface area contributed by atoms with Crippen LogP contribution < -0.4 is 4.90 Å². The van der Waals surface area contributed by atoms with Gasteiger partial charge in [-0.15, -0.1) is 0 Å². The molecule has 0 aliphatic carbocycles. The lowest BCUT2D eigenvalue weighted by Gasteiger charge is -2.38. The van der Waals surface area contributed by atoms with E-state index in [9.17, 15) is 14.4 Å². The first-order valence-electron chi connectivity index (χ1n) is 10.6. The summed E-state index contributed by atoms with van der Waals surface area (Å²) in [5.74, 6) is -1.36. The van der Waals surface area contributed by atoms with Crippen LogP contribution in [0.4, 0.5) is 5.69 Å². The van der Waals surface area contributed by atoms with Crippen LogP contribution in [0.15, 0.2) is 24.3 Å². The van der Waals surface area contributed by atoms with Gasteiger partial charge in [0.15, 0.2) is 5.78 Å². The number of hydrogen-bond donors (Lipinski definition) is 0. The van der Waals surface area contributed by atoms with Crippen LogP contribution in [-0.4, -0.2) is 41.1 Å². The van der Waals surface area contributed by atoms with Crippen molar-refractivity contribution in [3.8, 4) is 0 Å². The Morgan fingerprint density at radius 1 is 1.10 bits per heavy atom. The summed E-state index contributed by atoms with van der Waals surface area (Å²) in [6.07, 6.45) is 5.76. The molecule has 0 radical (unpaired) electrons. The van der Waals surface area contributed by atoms with E-state index in [2.05, 4.69) is 11.0 Å². The fourth-order valence-corrected chi connectivity index (χ4v) is 5.03. The average Bonchev–Trinajstić information content (AvgIpc) is 3.12. The molecule has 0 N–H and O–H groups in total. The Bertz CT molecular complexity index is 911. The van der Waals surface area contributed by atoms with E-state index in [0.29, 0.717) is 6.54 Å². The predicted molar refractivity (Wildman–Crippen MR) is 113 cm³/mol. The van der Waals surface area contributed by atoms with Gasteiger partial charge in [-0.3, -0.25) is 19.3 Å². The number of hydrogen-bond acceptors (Lipinski definition) is 4. The molecule has 5 nitrogen and oxygen atoms in total. The molecule has 1 aromatic carbocycles. The summed E-state index contributed by atoms with van der Waals surface area (Å²) in [6.45, 7) is 10.2. The lowest BCUT2D eigenvalue weighted by molar-refractivity contribution is -0.142. The summed E-state index contributed by atoms with van der Waals surface area (Å²) in [7, 11) is 0. The summed E-state index contributed by atoms with van der Waals surface area (Å²) in [6, 6.07) is 5.27. The highest BCUT2D eigenvalue weighted by Gasteiger charge is 2.64. The zero-order chi connectivity index (χ0) is 21.1. The molecule has 3 aliphatic heterocycles. The predicted octanol–water partition coefficient (Wildman–Crippen LogP) is 3.60. The fourth-order valence-electron chi connectivity index (χ4n) is 5.03. The molecule has 4 atom stereocenters. The van der Waals surface area contributed by atoms with Crippen molar-refractivity contribution < 1.29 is 14.4 Å². The summed E-state index contributed by atoms with van der Waals surface area (Å²) in [4.78, 5) is 43.7. The van der Waals surface area contributed by atoms with Gasteiger partial charge in [0.1, 0.15) is 6.04 Å². The number of rotatable bonds is 4. The molecular formula is C24H30N2O3. The maximum absolute atomic E-state index is 13.6. The maximum Gasteiger partial charge on any atom is 0.235 e. The van der Waals surface area contributed by atoms with Crippen LogP contribution in [0.3, 0.4) is 0 Å². The van der Waals surface area contributed by atoms with Crippen molar-refractivity contribution in [1.82, 2.24) is 4.90 Å². The number of fused-ring (bicyclic) bond motifs is 5. The number of anilines is 1. The first-order valence-corrected chi connectivity index (χ1v) is 10.6. The summed E-state index contributed by atoms with van der Waals surface area (Å²) in [5.41, 5.74) is 2.52. The normalized spacial score (nSPS) is 27.9. The van der Waals surface area contributed by atoms with Crippen molar-refractivity contribution >= 4 is 29.4 Å². The molecule has 4 rings (SSSR count). The second-order valence-electron chi connectivity index (χ2n) is 9.61. The number of unbranched alkanes of at least 4 members (excludes halogenated alkanes) is 1. The Morgan fingerprint density at radius 2 is 1.79 bits per heavy atom. The van der Waals surface area contributed by atoms with E-state index in [1.165, 1.54) is 4.90 Å². The number of aryl methyl sites for hydroxylation is 1. The third-order valence-corrected chi connectivity index (χ3v) is 6.50. The van der Waals surface area contributed by atoms with Gasteiger partial charge in [0.05, 0.1) is 17.9 Å². The summed E-state index contributed by atoms with van der Waals surface area (Å²) >= 11 is 0. The van der Waals surface area contributed by atoms with Crippen molar-refractivity contribution in [1.29, 1.82) is 0 Å². The second kappa shape index (κ2) is 6.82. The second-order valence-corrected chi connectivity index (χ2v) is 9.61. The van der Waals surface area contributed by atoms with Crippen LogP contribution in [0.1, 0.15) is 51.7 Å². The van der Waals surface area contributed by atoms with Gasteiger partial charge in [-0.25, -0.2) is 0 Å². The van der Waals surface area contributed by atoms with Gasteiger partial charge in [-0.1, -0.05) is 57.9 Å². The molecule has 1 aromatic rings. The molecule has 0 aromatic heterocycles. The Balaban J connectivity index is 1.83. The van der Waals surface area contributed by atoms with Crippen molar-refractivity contribution in [2.45, 2.75) is 59.5 Å². The Kier molecular flexibility index (Phi) is 4.67. The van der Waals surface area contributed by atoms with E-state index < -0.39 is 23.3 Å². The molecule has 2 saturated heterocycles. The minimum atomic E-state index is -0.612. The monoisotopic (exact) mass is 394 g/mol. The molecule has 2 amide bonds. The number of ketones is 1. The number of Topliss-reactive ketones (excluding diaryl/α,β-unsaturated/α-hetero) is 1.